The SMILES string of the molecule is CNC(=O)c1cc(NC(=O)CN(C)S(=O)(=O)c2cccs2)ccc1Cl. The Hall–Kier alpha value is -1.94. The van der Waals surface area contributed by atoms with Gasteiger partial charge in [0, 0.05) is 19.8 Å². The van der Waals surface area contributed by atoms with Crippen LogP contribution in [-0.2, 0) is 14.8 Å². The fraction of sp³-hybridized carbons (Fsp3) is 0.200. The second kappa shape index (κ2) is 7.96. The van der Waals surface area contributed by atoms with Crippen LogP contribution in [0.2, 0.25) is 5.02 Å². The van der Waals surface area contributed by atoms with Crippen LogP contribution in [0.25, 0.3) is 0 Å². The van der Waals surface area contributed by atoms with Gasteiger partial charge in [-0.1, -0.05) is 17.7 Å². The van der Waals surface area contributed by atoms with E-state index in [-0.39, 0.29) is 21.3 Å². The van der Waals surface area contributed by atoms with E-state index >= 15 is 0 Å². The molecule has 25 heavy (non-hydrogen) atoms. The molecule has 0 saturated heterocycles. The van der Waals surface area contributed by atoms with Gasteiger partial charge in [0.1, 0.15) is 4.21 Å². The van der Waals surface area contributed by atoms with E-state index in [4.69, 9.17) is 11.6 Å². The lowest BCUT2D eigenvalue weighted by molar-refractivity contribution is -0.116. The molecule has 2 aromatic rings. The number of halogens is 1. The molecule has 0 bridgehead atoms. The molecule has 0 aliphatic rings. The molecule has 10 heteroatoms. The number of benzene rings is 1. The summed E-state index contributed by atoms with van der Waals surface area (Å²) in [6.07, 6.45) is 0. The first kappa shape index (κ1) is 19.4. The van der Waals surface area contributed by atoms with Crippen molar-refractivity contribution in [1.29, 1.82) is 0 Å². The largest absolute Gasteiger partial charge is 0.355 e. The minimum Gasteiger partial charge on any atom is -0.355 e. The van der Waals surface area contributed by atoms with Gasteiger partial charge in [-0.15, -0.1) is 11.3 Å². The molecule has 1 aromatic heterocycles. The third-order valence-electron chi connectivity index (χ3n) is 3.25. The summed E-state index contributed by atoms with van der Waals surface area (Å²) in [4.78, 5) is 23.8. The summed E-state index contributed by atoms with van der Waals surface area (Å²) in [5.41, 5.74) is 0.552. The molecular weight excluding hydrogens is 386 g/mol. The van der Waals surface area contributed by atoms with Crippen molar-refractivity contribution in [2.75, 3.05) is 26.0 Å². The normalized spacial score (nSPS) is 11.4. The third kappa shape index (κ3) is 4.57. The maximum Gasteiger partial charge on any atom is 0.252 e. The molecule has 0 aliphatic heterocycles. The van der Waals surface area contributed by atoms with Gasteiger partial charge in [0.25, 0.3) is 15.9 Å². The predicted octanol–water partition coefficient (Wildman–Crippen LogP) is 2.02. The number of carbonyl (C=O) groups excluding carboxylic acids is 2. The van der Waals surface area contributed by atoms with Crippen LogP contribution >= 0.6 is 22.9 Å². The summed E-state index contributed by atoms with van der Waals surface area (Å²) in [6, 6.07) is 7.53. The topological polar surface area (TPSA) is 95.6 Å². The number of hydrogen-bond donors (Lipinski definition) is 2. The van der Waals surface area contributed by atoms with Crippen LogP contribution in [0.5, 0.6) is 0 Å². The Balaban J connectivity index is 2.09. The van der Waals surface area contributed by atoms with Crippen LogP contribution in [0, 0.1) is 0 Å². The summed E-state index contributed by atoms with van der Waals surface area (Å²) >= 11 is 7.03. The molecule has 0 radical (unpaired) electrons. The highest BCUT2D eigenvalue weighted by Gasteiger charge is 2.24. The van der Waals surface area contributed by atoms with E-state index in [0.717, 1.165) is 15.6 Å². The Morgan fingerprint density at radius 1 is 1.28 bits per heavy atom. The molecule has 2 N–H and O–H groups in total. The van der Waals surface area contributed by atoms with Gasteiger partial charge in [0.2, 0.25) is 5.91 Å². The zero-order valence-corrected chi connectivity index (χ0v) is 15.8. The molecule has 0 spiro atoms. The maximum atomic E-state index is 12.3. The number of hydrogen-bond acceptors (Lipinski definition) is 5. The Kier molecular flexibility index (Phi) is 6.17. The molecule has 0 fully saturated rings. The number of thiophene rings is 1. The monoisotopic (exact) mass is 401 g/mol. The number of nitrogens with one attached hydrogen (secondary N) is 2. The van der Waals surface area contributed by atoms with Crippen LogP contribution < -0.4 is 10.6 Å². The molecule has 0 unspecified atom stereocenters. The summed E-state index contributed by atoms with van der Waals surface area (Å²) in [6.45, 7) is -0.363. The van der Waals surface area contributed by atoms with Crippen LogP contribution in [0.15, 0.2) is 39.9 Å². The Morgan fingerprint density at radius 3 is 2.60 bits per heavy atom. The van der Waals surface area contributed by atoms with Gasteiger partial charge >= 0.3 is 0 Å². The van der Waals surface area contributed by atoms with Gasteiger partial charge in [0.05, 0.1) is 17.1 Å². The average Bonchev–Trinajstić information content (AvgIpc) is 3.11. The van der Waals surface area contributed by atoms with Crippen molar-refractivity contribution in [3.05, 3.63) is 46.3 Å². The number of amides is 2. The van der Waals surface area contributed by atoms with Crippen LogP contribution in [0.3, 0.4) is 0 Å². The average molecular weight is 402 g/mol. The fourth-order valence-electron chi connectivity index (χ4n) is 1.96. The number of carbonyl (C=O) groups is 2. The number of likely N-dealkylation sites (N-methyl/N-ethyl adjacent to an activating group) is 1. The molecule has 134 valence electrons. The minimum atomic E-state index is -3.71. The summed E-state index contributed by atoms with van der Waals surface area (Å²) < 4.78 is 25.7. The van der Waals surface area contributed by atoms with E-state index in [1.54, 1.807) is 11.4 Å². The first-order valence-electron chi connectivity index (χ1n) is 7.07. The van der Waals surface area contributed by atoms with E-state index in [0.29, 0.717) is 5.69 Å². The highest BCUT2D eigenvalue weighted by Crippen LogP contribution is 2.22. The van der Waals surface area contributed by atoms with E-state index in [9.17, 15) is 18.0 Å². The zero-order chi connectivity index (χ0) is 18.6. The quantitative estimate of drug-likeness (QED) is 0.774. The van der Waals surface area contributed by atoms with Gasteiger partial charge in [-0.25, -0.2) is 8.42 Å². The van der Waals surface area contributed by atoms with E-state index in [1.165, 1.54) is 38.4 Å². The van der Waals surface area contributed by atoms with Gasteiger partial charge in [-0.2, -0.15) is 4.31 Å². The van der Waals surface area contributed by atoms with Crippen LogP contribution in [-0.4, -0.2) is 45.2 Å². The van der Waals surface area contributed by atoms with Crippen molar-refractivity contribution in [1.82, 2.24) is 9.62 Å². The molecule has 0 saturated carbocycles. The number of anilines is 1. The van der Waals surface area contributed by atoms with Gasteiger partial charge < -0.3 is 10.6 Å². The highest BCUT2D eigenvalue weighted by atomic mass is 35.5. The zero-order valence-electron chi connectivity index (χ0n) is 13.4. The van der Waals surface area contributed by atoms with E-state index < -0.39 is 21.8 Å². The van der Waals surface area contributed by atoms with Gasteiger partial charge in [-0.05, 0) is 29.6 Å². The van der Waals surface area contributed by atoms with Crippen LogP contribution in [0.4, 0.5) is 5.69 Å². The summed E-state index contributed by atoms with van der Waals surface area (Å²) in [5.74, 6) is -0.925. The standard InChI is InChI=1S/C15H16ClN3O4S2/c1-17-15(21)11-8-10(5-6-12(11)16)18-13(20)9-19(2)25(22,23)14-4-3-7-24-14/h3-8H,9H2,1-2H3,(H,17,21)(H,18,20). The minimum absolute atomic E-state index is 0.163. The lowest BCUT2D eigenvalue weighted by Gasteiger charge is -2.16. The first-order chi connectivity index (χ1) is 11.8. The number of sulfonamides is 1. The lowest BCUT2D eigenvalue weighted by Crippen LogP contribution is -2.34. The van der Waals surface area contributed by atoms with Gasteiger partial charge in [0.15, 0.2) is 0 Å². The van der Waals surface area contributed by atoms with Crippen molar-refractivity contribution >= 4 is 50.5 Å². The van der Waals surface area contributed by atoms with Crippen molar-refractivity contribution < 1.29 is 18.0 Å². The fourth-order valence-corrected chi connectivity index (χ4v) is 4.49. The molecule has 1 aromatic carbocycles. The molecular formula is C15H16ClN3O4S2. The second-order valence-electron chi connectivity index (χ2n) is 5.02. The van der Waals surface area contributed by atoms with Crippen molar-refractivity contribution in [2.24, 2.45) is 0 Å². The predicted molar refractivity (Wildman–Crippen MR) is 97.6 cm³/mol. The van der Waals surface area contributed by atoms with E-state index in [1.807, 2.05) is 0 Å². The third-order valence-corrected chi connectivity index (χ3v) is 6.75. The van der Waals surface area contributed by atoms with Crippen molar-refractivity contribution in [3.8, 4) is 0 Å². The van der Waals surface area contributed by atoms with Crippen molar-refractivity contribution in [2.45, 2.75) is 4.21 Å². The number of rotatable bonds is 6. The molecule has 1 heterocycles. The maximum absolute atomic E-state index is 12.3. The molecule has 2 amide bonds. The second-order valence-corrected chi connectivity index (χ2v) is 8.64. The van der Waals surface area contributed by atoms with E-state index in [2.05, 4.69) is 10.6 Å². The Morgan fingerprint density at radius 2 is 2.00 bits per heavy atom. The van der Waals surface area contributed by atoms with Gasteiger partial charge in [-0.3, -0.25) is 9.59 Å². The molecule has 0 aliphatic carbocycles. The number of nitrogens with zero attached hydrogens (tertiary/aromatic N) is 1. The summed E-state index contributed by atoms with van der Waals surface area (Å²) in [5, 5.41) is 6.90. The first-order valence-corrected chi connectivity index (χ1v) is 9.77. The molecule has 2 rings (SSSR count). The molecule has 0 atom stereocenters. The Labute approximate surface area is 154 Å². The van der Waals surface area contributed by atoms with Crippen molar-refractivity contribution in [3.63, 3.8) is 0 Å². The summed E-state index contributed by atoms with van der Waals surface area (Å²) in [7, 11) is -0.917. The van der Waals surface area contributed by atoms with Crippen LogP contribution in [0.1, 0.15) is 10.4 Å². The molecule has 7 nitrogen and oxygen atoms in total. The highest BCUT2D eigenvalue weighted by molar-refractivity contribution is 7.91. The lowest BCUT2D eigenvalue weighted by atomic mass is 10.2. The Bertz CT molecular complexity index is 882. The smallest absolute Gasteiger partial charge is 0.252 e.